The molecule has 2 atom stereocenters. The second kappa shape index (κ2) is 31.7. The van der Waals surface area contributed by atoms with Gasteiger partial charge in [-0.1, -0.05) is 36.4 Å². The third-order valence-corrected chi connectivity index (χ3v) is 14.5. The molecule has 0 radical (unpaired) electrons. The lowest BCUT2D eigenvalue weighted by molar-refractivity contribution is 0.174. The summed E-state index contributed by atoms with van der Waals surface area (Å²) in [6, 6.07) is 22.1. The van der Waals surface area contributed by atoms with E-state index in [1.807, 2.05) is 79.7 Å². The van der Waals surface area contributed by atoms with Gasteiger partial charge in [-0.3, -0.25) is 0 Å². The molecule has 12 N–H and O–H groups in total. The Morgan fingerprint density at radius 1 is 0.284 bits per heavy atom. The lowest BCUT2D eigenvalue weighted by Crippen LogP contribution is -2.27. The van der Waals surface area contributed by atoms with Gasteiger partial charge in [-0.2, -0.15) is 0 Å². The number of hydrogen-bond donors (Lipinski definition) is 12. The molecule has 81 heavy (non-hydrogen) atoms. The van der Waals surface area contributed by atoms with Crippen molar-refractivity contribution in [2.45, 2.75) is 96.4 Å². The lowest BCUT2D eigenvalue weighted by Gasteiger charge is -2.35. The molecule has 18 nitrogen and oxygen atoms in total. The number of aliphatic hydroxyl groups is 6. The molecule has 2 unspecified atom stereocenters. The van der Waals surface area contributed by atoms with Gasteiger partial charge in [0, 0.05) is 127 Å². The summed E-state index contributed by atoms with van der Waals surface area (Å²) in [6.07, 6.45) is 1.27. The van der Waals surface area contributed by atoms with Gasteiger partial charge in [0.15, 0.2) is 0 Å². The molecule has 0 aromatic heterocycles. The maximum absolute atomic E-state index is 11.0. The van der Waals surface area contributed by atoms with Gasteiger partial charge in [0.2, 0.25) is 0 Å². The number of hydrogen-bond acceptors (Lipinski definition) is 18. The number of ether oxygens (including phenoxy) is 6. The van der Waals surface area contributed by atoms with E-state index in [9.17, 15) is 61.3 Å². The summed E-state index contributed by atoms with van der Waals surface area (Å²) in [7, 11) is 9.24. The number of aromatic hydroxyl groups is 6. The molecule has 6 aromatic rings. The maximum Gasteiger partial charge on any atom is 0.126 e. The minimum Gasteiger partial charge on any atom is -0.507 e. The van der Waals surface area contributed by atoms with Crippen molar-refractivity contribution in [1.82, 2.24) is 0 Å². The molecule has 0 aliphatic rings. The number of phenols is 6. The standard InChI is InChI=1S/C32H42O9.C31H40O9/c1-32(26-11-20(5-8-33)29(36)21(12-26)6-9-34,27-13-22(7-10-35)30(37)23(14-27)17-39-2)28-15-24(18-40-3)31(38)25(16-28)19-41-4;1-38-16-25-13-23(12-21(6-9-34)30(25)36)28(22-10-19(4-7-32)29(35)20(11-22)5-8-33)24-14-26(17-39-2)31(37)27(15-24)18-40-3/h11-16,33-38H,5-10,17-19H2,1-4H3;10-15,28,32-37H,4-9,16-18H2,1-3H3. The Labute approximate surface area is 474 Å². The molecule has 0 amide bonds. The summed E-state index contributed by atoms with van der Waals surface area (Å²) in [6.45, 7) is 1.84. The topological polar surface area (TPSA) is 298 Å². The summed E-state index contributed by atoms with van der Waals surface area (Å²) in [5.41, 5.74) is 10.2. The van der Waals surface area contributed by atoms with Gasteiger partial charge in [-0.15, -0.1) is 0 Å². The molecule has 0 aliphatic heterocycles. The van der Waals surface area contributed by atoms with E-state index in [0.717, 1.165) is 33.4 Å². The molecule has 442 valence electrons. The Morgan fingerprint density at radius 2 is 0.444 bits per heavy atom. The molecule has 0 heterocycles. The average Bonchev–Trinajstić information content (AvgIpc) is 2.80. The number of methoxy groups -OCH3 is 6. The highest BCUT2D eigenvalue weighted by atomic mass is 16.5. The average molecular weight is 1130 g/mol. The van der Waals surface area contributed by atoms with Crippen molar-refractivity contribution in [2.24, 2.45) is 0 Å². The zero-order chi connectivity index (χ0) is 59.4. The monoisotopic (exact) mass is 1130 g/mol. The molecule has 0 fully saturated rings. The summed E-state index contributed by atoms with van der Waals surface area (Å²) in [4.78, 5) is 0. The minimum absolute atomic E-state index is 0.0248. The van der Waals surface area contributed by atoms with Crippen molar-refractivity contribution >= 4 is 0 Å². The third-order valence-electron chi connectivity index (χ3n) is 14.5. The van der Waals surface area contributed by atoms with E-state index >= 15 is 0 Å². The van der Waals surface area contributed by atoms with Crippen LogP contribution in [-0.2, 0) is 112 Å². The van der Waals surface area contributed by atoms with Crippen LogP contribution in [0.4, 0.5) is 0 Å². The van der Waals surface area contributed by atoms with Crippen molar-refractivity contribution in [2.75, 3.05) is 82.3 Å². The summed E-state index contributed by atoms with van der Waals surface area (Å²) in [5.74, 6) is -0.178. The van der Waals surface area contributed by atoms with Crippen LogP contribution < -0.4 is 0 Å². The summed E-state index contributed by atoms with van der Waals surface area (Å²) < 4.78 is 32.2. The van der Waals surface area contributed by atoms with Crippen LogP contribution in [0.15, 0.2) is 72.8 Å². The Kier molecular flexibility index (Phi) is 25.6. The lowest BCUT2D eigenvalue weighted by atomic mass is 9.68. The first-order valence-electron chi connectivity index (χ1n) is 26.7. The number of rotatable bonds is 30. The molecule has 18 heteroatoms. The quantitative estimate of drug-likeness (QED) is 0.0223. The van der Waals surface area contributed by atoms with Crippen LogP contribution in [0.3, 0.4) is 0 Å². The number of benzene rings is 6. The second-order valence-electron chi connectivity index (χ2n) is 20.0. The molecule has 0 saturated heterocycles. The molecule has 0 saturated carbocycles. The smallest absolute Gasteiger partial charge is 0.126 e. The van der Waals surface area contributed by atoms with Crippen LogP contribution in [0, 0.1) is 0 Å². The highest BCUT2D eigenvalue weighted by molar-refractivity contribution is 5.61. The van der Waals surface area contributed by atoms with Crippen LogP contribution in [0.1, 0.15) is 113 Å². The van der Waals surface area contributed by atoms with Crippen LogP contribution in [0.5, 0.6) is 34.5 Å². The summed E-state index contributed by atoms with van der Waals surface area (Å²) in [5, 5.41) is 124. The first-order chi connectivity index (χ1) is 39.0. The van der Waals surface area contributed by atoms with Crippen LogP contribution in [0.25, 0.3) is 0 Å². The Morgan fingerprint density at radius 3 is 0.654 bits per heavy atom. The van der Waals surface area contributed by atoms with Crippen molar-refractivity contribution in [3.8, 4) is 34.5 Å². The molecule has 0 aliphatic carbocycles. The van der Waals surface area contributed by atoms with Crippen LogP contribution >= 0.6 is 0 Å². The Hall–Kier alpha value is -6.36. The van der Waals surface area contributed by atoms with E-state index in [4.69, 9.17) is 28.4 Å². The molecule has 0 bridgehead atoms. The van der Waals surface area contributed by atoms with Gasteiger partial charge < -0.3 is 89.7 Å². The highest BCUT2D eigenvalue weighted by Gasteiger charge is 2.36. The highest BCUT2D eigenvalue weighted by Crippen LogP contribution is 2.47. The SMILES string of the molecule is COCc1cc(C(C)(c2cc(CCO)c(O)c(CCO)c2)c2cc(COC)c(O)c(COC)c2)cc(CCO)c1O.COCc1cc(C(c2cc(CCO)c(O)c(CCO)c2)c2cc(COC)c(O)c(COC)c2)cc(CCO)c1O. The molecule has 6 aromatic carbocycles. The Balaban J connectivity index is 0.000000297. The van der Waals surface area contributed by atoms with Crippen LogP contribution in [0.2, 0.25) is 0 Å². The first kappa shape index (κ1) is 65.5. The zero-order valence-corrected chi connectivity index (χ0v) is 47.5. The van der Waals surface area contributed by atoms with E-state index < -0.39 is 11.3 Å². The van der Waals surface area contributed by atoms with E-state index in [0.29, 0.717) is 66.8 Å². The van der Waals surface area contributed by atoms with Gasteiger partial charge in [-0.25, -0.2) is 0 Å². The van der Waals surface area contributed by atoms with Crippen molar-refractivity contribution < 1.29 is 89.7 Å². The zero-order valence-electron chi connectivity index (χ0n) is 47.5. The van der Waals surface area contributed by atoms with Crippen molar-refractivity contribution in [3.05, 3.63) is 173 Å². The van der Waals surface area contributed by atoms with E-state index in [-0.39, 0.29) is 152 Å². The maximum atomic E-state index is 11.0. The second-order valence-corrected chi connectivity index (χ2v) is 20.0. The predicted octanol–water partition coefficient (Wildman–Crippen LogP) is 6.23. The first-order valence-corrected chi connectivity index (χ1v) is 26.7. The van der Waals surface area contributed by atoms with E-state index in [2.05, 4.69) is 0 Å². The van der Waals surface area contributed by atoms with Gasteiger partial charge in [0.25, 0.3) is 0 Å². The normalized spacial score (nSPS) is 12.6. The van der Waals surface area contributed by atoms with Gasteiger partial charge in [-0.05, 0) is 149 Å². The fourth-order valence-electron chi connectivity index (χ4n) is 10.5. The summed E-state index contributed by atoms with van der Waals surface area (Å²) >= 11 is 0. The van der Waals surface area contributed by atoms with Crippen molar-refractivity contribution in [3.63, 3.8) is 0 Å². The number of phenolic OH excluding ortho intramolecular Hbond substituents is 6. The number of aliphatic hydroxyl groups excluding tert-OH is 6. The van der Waals surface area contributed by atoms with Gasteiger partial charge >= 0.3 is 0 Å². The molecule has 0 spiro atoms. The van der Waals surface area contributed by atoms with Gasteiger partial charge in [0.1, 0.15) is 34.5 Å². The largest absolute Gasteiger partial charge is 0.507 e. The van der Waals surface area contributed by atoms with Gasteiger partial charge in [0.05, 0.1) is 39.6 Å². The van der Waals surface area contributed by atoms with E-state index in [1.165, 1.54) is 14.2 Å². The van der Waals surface area contributed by atoms with Crippen molar-refractivity contribution in [1.29, 1.82) is 0 Å². The third kappa shape index (κ3) is 15.6. The van der Waals surface area contributed by atoms with Crippen LogP contribution in [-0.4, -0.2) is 144 Å². The fourth-order valence-corrected chi connectivity index (χ4v) is 10.5. The minimum atomic E-state index is -0.957. The predicted molar refractivity (Wildman–Crippen MR) is 304 cm³/mol. The Bertz CT molecular complexity index is 2510. The molecule has 6 rings (SSSR count). The molecular formula is C63H82O18. The fraction of sp³-hybridized carbons (Fsp3) is 0.429. The molecular weight excluding hydrogens is 1040 g/mol. The van der Waals surface area contributed by atoms with E-state index in [1.54, 1.807) is 28.4 Å².